The van der Waals surface area contributed by atoms with Gasteiger partial charge in [-0.15, -0.1) is 18.3 Å². The summed E-state index contributed by atoms with van der Waals surface area (Å²) < 4.78 is 69.4. The molecule has 1 fully saturated rings. The number of hydrogen-bond acceptors (Lipinski definition) is 6. The number of rotatable bonds is 6. The predicted octanol–water partition coefficient (Wildman–Crippen LogP) is 3.37. The molecule has 0 aliphatic heterocycles. The number of alkyl halides is 3. The highest BCUT2D eigenvalue weighted by Crippen LogP contribution is 2.36. The third kappa shape index (κ3) is 4.47. The SMILES string of the molecule is O=S(=O)(Nc1ccc(-c2nnnn2C2CC2)cc1)c1ccc(OC(F)(F)F)cc1. The molecule has 0 atom stereocenters. The Hall–Kier alpha value is -3.15. The van der Waals surface area contributed by atoms with E-state index < -0.39 is 22.1 Å². The molecule has 0 bridgehead atoms. The molecule has 1 aromatic heterocycles. The van der Waals surface area contributed by atoms with Gasteiger partial charge in [0.25, 0.3) is 10.0 Å². The van der Waals surface area contributed by atoms with Crippen LogP contribution in [-0.2, 0) is 10.0 Å². The van der Waals surface area contributed by atoms with Gasteiger partial charge in [0.15, 0.2) is 5.82 Å². The standard InChI is InChI=1S/C17H14F3N5O3S/c18-17(19,20)28-14-7-9-15(10-8-14)29(26,27)22-12-3-1-11(2-4-12)16-21-23-24-25(16)13-5-6-13/h1-4,7-10,13,22H,5-6H2. The van der Waals surface area contributed by atoms with E-state index in [9.17, 15) is 21.6 Å². The first-order chi connectivity index (χ1) is 13.7. The van der Waals surface area contributed by atoms with Gasteiger partial charge in [-0.2, -0.15) is 0 Å². The zero-order chi connectivity index (χ0) is 20.6. The molecule has 29 heavy (non-hydrogen) atoms. The van der Waals surface area contributed by atoms with Crippen LogP contribution in [0.15, 0.2) is 53.4 Å². The summed E-state index contributed by atoms with van der Waals surface area (Å²) in [5.41, 5.74) is 1.02. The lowest BCUT2D eigenvalue weighted by molar-refractivity contribution is -0.274. The summed E-state index contributed by atoms with van der Waals surface area (Å²) >= 11 is 0. The minimum Gasteiger partial charge on any atom is -0.406 e. The first kappa shape index (κ1) is 19.2. The second-order valence-electron chi connectivity index (χ2n) is 6.38. The molecule has 1 aliphatic carbocycles. The summed E-state index contributed by atoms with van der Waals surface area (Å²) in [6, 6.07) is 10.7. The molecule has 1 heterocycles. The van der Waals surface area contributed by atoms with Crippen LogP contribution in [0.5, 0.6) is 5.75 Å². The maximum Gasteiger partial charge on any atom is 0.573 e. The number of halogens is 3. The van der Waals surface area contributed by atoms with E-state index in [-0.39, 0.29) is 10.6 Å². The Morgan fingerprint density at radius 2 is 1.69 bits per heavy atom. The molecule has 1 aliphatic rings. The van der Waals surface area contributed by atoms with Gasteiger partial charge < -0.3 is 4.74 Å². The molecular weight excluding hydrogens is 411 g/mol. The highest BCUT2D eigenvalue weighted by atomic mass is 32.2. The van der Waals surface area contributed by atoms with Gasteiger partial charge in [-0.1, -0.05) is 0 Å². The van der Waals surface area contributed by atoms with Gasteiger partial charge in [0.05, 0.1) is 10.9 Å². The topological polar surface area (TPSA) is 99.0 Å². The Balaban J connectivity index is 1.48. The summed E-state index contributed by atoms with van der Waals surface area (Å²) in [6.45, 7) is 0. The maximum absolute atomic E-state index is 12.5. The number of aromatic nitrogens is 4. The van der Waals surface area contributed by atoms with Gasteiger partial charge in [0.1, 0.15) is 5.75 Å². The lowest BCUT2D eigenvalue weighted by atomic mass is 10.2. The molecule has 152 valence electrons. The molecule has 0 spiro atoms. The molecule has 0 amide bonds. The fourth-order valence-electron chi connectivity index (χ4n) is 2.67. The number of benzene rings is 2. The third-order valence-corrected chi connectivity index (χ3v) is 5.55. The molecule has 0 radical (unpaired) electrons. The van der Waals surface area contributed by atoms with Gasteiger partial charge in [-0.25, -0.2) is 13.1 Å². The monoisotopic (exact) mass is 425 g/mol. The quantitative estimate of drug-likeness (QED) is 0.650. The fourth-order valence-corrected chi connectivity index (χ4v) is 3.73. The van der Waals surface area contributed by atoms with Gasteiger partial charge in [0, 0.05) is 11.3 Å². The smallest absolute Gasteiger partial charge is 0.406 e. The Morgan fingerprint density at radius 1 is 1.03 bits per heavy atom. The van der Waals surface area contributed by atoms with Crippen LogP contribution in [0.25, 0.3) is 11.4 Å². The number of nitrogens with one attached hydrogen (secondary N) is 1. The molecule has 2 aromatic carbocycles. The van der Waals surface area contributed by atoms with Crippen molar-refractivity contribution in [3.05, 3.63) is 48.5 Å². The average molecular weight is 425 g/mol. The van der Waals surface area contributed by atoms with Crippen LogP contribution in [-0.4, -0.2) is 35.0 Å². The molecule has 12 heteroatoms. The molecule has 3 aromatic rings. The summed E-state index contributed by atoms with van der Waals surface area (Å²) in [6.07, 6.45) is -2.81. The van der Waals surface area contributed by atoms with E-state index in [1.165, 1.54) is 0 Å². The lowest BCUT2D eigenvalue weighted by Crippen LogP contribution is -2.17. The number of anilines is 1. The van der Waals surface area contributed by atoms with Crippen LogP contribution in [0.4, 0.5) is 18.9 Å². The van der Waals surface area contributed by atoms with E-state index in [1.807, 2.05) is 0 Å². The van der Waals surface area contributed by atoms with Crippen LogP contribution in [0.3, 0.4) is 0 Å². The molecular formula is C17H14F3N5O3S. The van der Waals surface area contributed by atoms with Crippen molar-refractivity contribution < 1.29 is 26.3 Å². The maximum atomic E-state index is 12.5. The second-order valence-corrected chi connectivity index (χ2v) is 8.06. The van der Waals surface area contributed by atoms with Crippen LogP contribution in [0.1, 0.15) is 18.9 Å². The molecule has 0 unspecified atom stereocenters. The number of nitrogens with zero attached hydrogens (tertiary/aromatic N) is 4. The van der Waals surface area contributed by atoms with Crippen LogP contribution >= 0.6 is 0 Å². The van der Waals surface area contributed by atoms with Crippen molar-refractivity contribution in [2.24, 2.45) is 0 Å². The minimum absolute atomic E-state index is 0.200. The van der Waals surface area contributed by atoms with E-state index in [4.69, 9.17) is 0 Å². The van der Waals surface area contributed by atoms with E-state index >= 15 is 0 Å². The van der Waals surface area contributed by atoms with Gasteiger partial charge in [0.2, 0.25) is 0 Å². The van der Waals surface area contributed by atoms with Crippen LogP contribution in [0.2, 0.25) is 0 Å². The summed E-state index contributed by atoms with van der Waals surface area (Å²) in [4.78, 5) is -0.200. The van der Waals surface area contributed by atoms with Crippen molar-refractivity contribution in [3.63, 3.8) is 0 Å². The lowest BCUT2D eigenvalue weighted by Gasteiger charge is -2.11. The summed E-state index contributed by atoms with van der Waals surface area (Å²) in [5, 5.41) is 11.7. The summed E-state index contributed by atoms with van der Waals surface area (Å²) in [7, 11) is -3.98. The molecule has 1 N–H and O–H groups in total. The highest BCUT2D eigenvalue weighted by molar-refractivity contribution is 7.92. The number of ether oxygens (including phenoxy) is 1. The second kappa shape index (κ2) is 7.03. The van der Waals surface area contributed by atoms with E-state index in [1.54, 1.807) is 28.9 Å². The Morgan fingerprint density at radius 3 is 2.28 bits per heavy atom. The van der Waals surface area contributed by atoms with Gasteiger partial charge in [-0.3, -0.25) is 4.72 Å². The number of hydrogen-bond donors (Lipinski definition) is 1. The Labute approximate surface area is 163 Å². The Kier molecular flexibility index (Phi) is 4.65. The number of tetrazole rings is 1. The van der Waals surface area contributed by atoms with E-state index in [0.29, 0.717) is 11.9 Å². The highest BCUT2D eigenvalue weighted by Gasteiger charge is 2.31. The van der Waals surface area contributed by atoms with Crippen molar-refractivity contribution >= 4 is 15.7 Å². The van der Waals surface area contributed by atoms with Crippen LogP contribution < -0.4 is 9.46 Å². The summed E-state index contributed by atoms with van der Waals surface area (Å²) in [5.74, 6) is 0.0938. The zero-order valence-electron chi connectivity index (χ0n) is 14.7. The van der Waals surface area contributed by atoms with E-state index in [2.05, 4.69) is 25.0 Å². The fraction of sp³-hybridized carbons (Fsp3) is 0.235. The van der Waals surface area contributed by atoms with Crippen molar-refractivity contribution in [2.75, 3.05) is 4.72 Å². The van der Waals surface area contributed by atoms with Crippen molar-refractivity contribution in [3.8, 4) is 17.1 Å². The van der Waals surface area contributed by atoms with E-state index in [0.717, 1.165) is 42.7 Å². The van der Waals surface area contributed by atoms with Gasteiger partial charge >= 0.3 is 6.36 Å². The Bertz CT molecular complexity index is 1110. The zero-order valence-corrected chi connectivity index (χ0v) is 15.5. The largest absolute Gasteiger partial charge is 0.573 e. The molecule has 8 nitrogen and oxygen atoms in total. The number of sulfonamides is 1. The first-order valence-electron chi connectivity index (χ1n) is 8.48. The first-order valence-corrected chi connectivity index (χ1v) is 9.96. The molecule has 0 saturated heterocycles. The third-order valence-electron chi connectivity index (χ3n) is 4.15. The predicted molar refractivity (Wildman–Crippen MR) is 95.5 cm³/mol. The molecule has 4 rings (SSSR count). The van der Waals surface area contributed by atoms with Crippen molar-refractivity contribution in [1.29, 1.82) is 0 Å². The molecule has 1 saturated carbocycles. The van der Waals surface area contributed by atoms with Crippen molar-refractivity contribution in [1.82, 2.24) is 20.2 Å². The minimum atomic E-state index is -4.85. The normalized spacial score (nSPS) is 14.6. The van der Waals surface area contributed by atoms with Crippen molar-refractivity contribution in [2.45, 2.75) is 30.1 Å². The van der Waals surface area contributed by atoms with Crippen LogP contribution in [0, 0.1) is 0 Å². The van der Waals surface area contributed by atoms with Gasteiger partial charge in [-0.05, 0) is 71.8 Å². The average Bonchev–Trinajstić information content (AvgIpc) is 3.38.